The molecule has 9 heteroatoms. The number of benzene rings is 4. The quantitative estimate of drug-likeness (QED) is 0.0233. The first-order valence-corrected chi connectivity index (χ1v) is 38.1. The number of nitrogens with one attached hydrogen (secondary N) is 3. The fourth-order valence-electron chi connectivity index (χ4n) is 14.0. The van der Waals surface area contributed by atoms with Gasteiger partial charge in [0.25, 0.3) is 0 Å². The van der Waals surface area contributed by atoms with Crippen molar-refractivity contribution in [3.63, 3.8) is 0 Å². The maximum atomic E-state index is 12.5. The molecule has 0 bridgehead atoms. The minimum absolute atomic E-state index is 0.000467. The Morgan fingerprint density at radius 2 is 0.670 bits per heavy atom. The molecule has 9 nitrogen and oxygen atoms in total. The van der Waals surface area contributed by atoms with Gasteiger partial charge in [0.05, 0.1) is 30.1 Å². The zero-order valence-corrected chi connectivity index (χ0v) is 64.4. The van der Waals surface area contributed by atoms with Gasteiger partial charge in [-0.1, -0.05) is 287 Å². The molecule has 3 fully saturated rings. The summed E-state index contributed by atoms with van der Waals surface area (Å²) in [6, 6.07) is 42.9. The maximum Gasteiger partial charge on any atom is 0.321 e. The van der Waals surface area contributed by atoms with E-state index >= 15 is 0 Å². The Morgan fingerprint density at radius 3 is 0.940 bits per heavy atom. The van der Waals surface area contributed by atoms with Crippen LogP contribution < -0.4 is 16.0 Å². The molecule has 548 valence electrons. The number of hydrogen-bond acceptors (Lipinski definition) is 6. The van der Waals surface area contributed by atoms with Crippen molar-refractivity contribution >= 4 is 23.8 Å². The van der Waals surface area contributed by atoms with Gasteiger partial charge in [-0.15, -0.1) is 0 Å². The summed E-state index contributed by atoms with van der Waals surface area (Å²) in [5.74, 6) is 3.38. The number of piperidine rings is 1. The van der Waals surface area contributed by atoms with Crippen molar-refractivity contribution in [2.75, 3.05) is 27.4 Å². The number of carbonyl (C=O) groups excluding carboxylic acids is 4. The number of methoxy groups -OCH3 is 2. The summed E-state index contributed by atoms with van der Waals surface area (Å²) in [4.78, 5) is 48.4. The second kappa shape index (κ2) is 51.9. The second-order valence-electron chi connectivity index (χ2n) is 28.7. The SMILES string of the molecule is C/C=C/CC/C=C\CC/C=C\CC/C=C/C.C/C=C/CC/C=C\CC/C=C\CC/C=C/C.CC(C)CCC(CC(c1ccccc1)C(C)C)c1ccccc1.CC(C)CCC(CC(c1ccccc1)C(C)C)c1ccccc1.COCC12C(=O)NC(=O)CC1C1(COC)C(=O)NC(=O)NC21. The molecule has 0 aromatic heterocycles. The van der Waals surface area contributed by atoms with Crippen LogP contribution in [0.4, 0.5) is 4.79 Å². The van der Waals surface area contributed by atoms with E-state index in [0.717, 1.165) is 11.8 Å². The first-order chi connectivity index (χ1) is 48.4. The van der Waals surface area contributed by atoms with Crippen molar-refractivity contribution in [1.29, 1.82) is 0 Å². The number of fused-ring (bicyclic) bond motifs is 4. The molecule has 3 aliphatic rings. The summed E-state index contributed by atoms with van der Waals surface area (Å²) in [7, 11) is 2.85. The van der Waals surface area contributed by atoms with Crippen LogP contribution in [0, 0.1) is 40.4 Å². The van der Waals surface area contributed by atoms with Crippen LogP contribution in [-0.2, 0) is 23.9 Å². The van der Waals surface area contributed by atoms with E-state index in [1.807, 2.05) is 0 Å². The number of allylic oxidation sites excluding steroid dienone is 16. The van der Waals surface area contributed by atoms with Crippen molar-refractivity contribution < 1.29 is 28.7 Å². The molecule has 2 saturated heterocycles. The highest BCUT2D eigenvalue weighted by atomic mass is 16.5. The molecule has 1 saturated carbocycles. The number of hydrogen-bond donors (Lipinski definition) is 3. The van der Waals surface area contributed by atoms with E-state index < -0.39 is 46.5 Å². The summed E-state index contributed by atoms with van der Waals surface area (Å²) < 4.78 is 10.3. The van der Waals surface area contributed by atoms with Crippen LogP contribution in [0.15, 0.2) is 219 Å². The molecule has 4 aromatic carbocycles. The Labute approximate surface area is 608 Å². The minimum atomic E-state index is -1.14. The van der Waals surface area contributed by atoms with Crippen LogP contribution in [0.2, 0.25) is 0 Å². The van der Waals surface area contributed by atoms with Crippen LogP contribution in [0.25, 0.3) is 0 Å². The van der Waals surface area contributed by atoms with E-state index in [1.165, 1.54) is 152 Å². The van der Waals surface area contributed by atoms with Crippen molar-refractivity contribution in [2.45, 2.75) is 235 Å². The average molecular weight is 1370 g/mol. The van der Waals surface area contributed by atoms with Crippen LogP contribution in [0.1, 0.15) is 251 Å². The molecule has 4 aromatic rings. The lowest BCUT2D eigenvalue weighted by molar-refractivity contribution is -0.221. The zero-order valence-electron chi connectivity index (χ0n) is 64.4. The van der Waals surface area contributed by atoms with Crippen molar-refractivity contribution in [2.24, 2.45) is 40.4 Å². The molecular formula is C91H133N3O6. The minimum Gasteiger partial charge on any atom is -0.383 e. The number of carbonyl (C=O) groups is 4. The summed E-state index contributed by atoms with van der Waals surface area (Å²) in [6.45, 7) is 27.1. The van der Waals surface area contributed by atoms with Crippen LogP contribution in [0.5, 0.6) is 0 Å². The molecule has 8 atom stereocenters. The largest absolute Gasteiger partial charge is 0.383 e. The highest BCUT2D eigenvalue weighted by Crippen LogP contribution is 2.63. The number of unbranched alkanes of at least 4 members (excludes halogenated alkanes) is 6. The lowest BCUT2D eigenvalue weighted by Gasteiger charge is -2.67. The van der Waals surface area contributed by atoms with Gasteiger partial charge in [-0.05, 0) is 200 Å². The number of ether oxygens (including phenoxy) is 2. The van der Waals surface area contributed by atoms with Gasteiger partial charge in [0, 0.05) is 26.6 Å². The van der Waals surface area contributed by atoms with Crippen molar-refractivity contribution in [3.05, 3.63) is 241 Å². The third-order valence-corrected chi connectivity index (χ3v) is 19.5. The molecule has 0 radical (unpaired) electrons. The number of imide groups is 2. The van der Waals surface area contributed by atoms with Crippen molar-refractivity contribution in [3.8, 4) is 0 Å². The van der Waals surface area contributed by atoms with E-state index in [2.05, 4.69) is 318 Å². The molecule has 2 heterocycles. The van der Waals surface area contributed by atoms with Gasteiger partial charge in [0.15, 0.2) is 0 Å². The first-order valence-electron chi connectivity index (χ1n) is 38.1. The topological polar surface area (TPSA) is 123 Å². The maximum absolute atomic E-state index is 12.5. The van der Waals surface area contributed by atoms with Gasteiger partial charge in [-0.3, -0.25) is 25.0 Å². The Balaban J connectivity index is 0.000000328. The molecular weight excluding hydrogens is 1230 g/mol. The third kappa shape index (κ3) is 31.4. The average Bonchev–Trinajstić information content (AvgIpc) is 0.663. The Bertz CT molecular complexity index is 2800. The van der Waals surface area contributed by atoms with Crippen LogP contribution in [0.3, 0.4) is 0 Å². The van der Waals surface area contributed by atoms with Gasteiger partial charge < -0.3 is 14.8 Å². The van der Waals surface area contributed by atoms with Gasteiger partial charge in [-0.25, -0.2) is 4.79 Å². The van der Waals surface area contributed by atoms with Crippen LogP contribution in [-0.4, -0.2) is 57.2 Å². The summed E-state index contributed by atoms with van der Waals surface area (Å²) >= 11 is 0. The molecule has 3 N–H and O–H groups in total. The van der Waals surface area contributed by atoms with Gasteiger partial charge in [0.1, 0.15) is 0 Å². The first kappa shape index (κ1) is 87.0. The fourth-order valence-corrected chi connectivity index (χ4v) is 14.0. The Kier molecular flexibility index (Phi) is 45.1. The number of amides is 5. The van der Waals surface area contributed by atoms with Gasteiger partial charge >= 0.3 is 6.03 Å². The highest BCUT2D eigenvalue weighted by molar-refractivity contribution is 6.09. The van der Waals surface area contributed by atoms with E-state index in [4.69, 9.17) is 9.47 Å². The standard InChI is InChI=1S/2C23H32.2C16H26.C13H17N3O6/c2*1-18(2)15-16-22(20-11-7-5-8-12-20)17-23(19(3)4)21-13-9-6-10-14-21;2*1-3-5-7-9-11-13-15-16-14-12-10-8-6-4-2;1-21-4-12-6(3-7(17)14-9(12)18)13(5-22-2)8(12)15-11(20)16-10(13)19/h2*5-14,18-19,22-23H,15-17H2,1-4H3;2*3-6,11-14H,7-10,15-16H2,1-2H3;6,8H,3-5H2,1-2H3,(H,14,17,18)(H2,15,16,19,20)/b;;2*5-3+,6-4+,13-11-,14-12-;. The summed E-state index contributed by atoms with van der Waals surface area (Å²) in [6.07, 6.45) is 57.4. The van der Waals surface area contributed by atoms with E-state index in [1.54, 1.807) is 0 Å². The lowest BCUT2D eigenvalue weighted by atomic mass is 9.39. The van der Waals surface area contributed by atoms with Crippen LogP contribution >= 0.6 is 0 Å². The van der Waals surface area contributed by atoms with Crippen molar-refractivity contribution in [1.82, 2.24) is 16.0 Å². The van der Waals surface area contributed by atoms with Gasteiger partial charge in [0.2, 0.25) is 17.7 Å². The highest BCUT2D eigenvalue weighted by Gasteiger charge is 2.80. The smallest absolute Gasteiger partial charge is 0.321 e. The van der Waals surface area contributed by atoms with E-state index in [0.29, 0.717) is 35.5 Å². The molecule has 8 unspecified atom stereocenters. The molecule has 7 rings (SSSR count). The number of rotatable bonds is 38. The third-order valence-electron chi connectivity index (χ3n) is 19.5. The number of urea groups is 1. The van der Waals surface area contributed by atoms with Gasteiger partial charge in [-0.2, -0.15) is 0 Å². The zero-order chi connectivity index (χ0) is 73.2. The lowest BCUT2D eigenvalue weighted by Crippen LogP contribution is -2.88. The van der Waals surface area contributed by atoms with E-state index in [-0.39, 0.29) is 19.6 Å². The second-order valence-corrected chi connectivity index (χ2v) is 28.7. The summed E-state index contributed by atoms with van der Waals surface area (Å²) in [5.41, 5.74) is 3.72. The molecule has 2 aliphatic heterocycles. The normalized spacial score (nSPS) is 19.4. The molecule has 0 spiro atoms. The fraction of sp³-hybridized carbons (Fsp3) is 0.516. The monoisotopic (exact) mass is 1360 g/mol. The Morgan fingerprint density at radius 1 is 0.390 bits per heavy atom. The Hall–Kier alpha value is -7.20. The predicted molar refractivity (Wildman–Crippen MR) is 425 cm³/mol. The molecule has 5 amide bonds. The molecule has 100 heavy (non-hydrogen) atoms. The summed E-state index contributed by atoms with van der Waals surface area (Å²) in [5, 5.41) is 7.12. The van der Waals surface area contributed by atoms with E-state index in [9.17, 15) is 19.2 Å². The molecule has 1 aliphatic carbocycles. The predicted octanol–water partition coefficient (Wildman–Crippen LogP) is 23.4.